The smallest absolute Gasteiger partial charge is 0.153 e. The highest BCUT2D eigenvalue weighted by Crippen LogP contribution is 2.26. The Balaban J connectivity index is 2.19. The molecule has 6 heteroatoms. The Kier molecular flexibility index (Phi) is 5.94. The lowest BCUT2D eigenvalue weighted by molar-refractivity contribution is 0.200. The van der Waals surface area contributed by atoms with Gasteiger partial charge in [-0.3, -0.25) is 4.90 Å². The Labute approximate surface area is 120 Å². The number of aliphatic hydroxyl groups excluding tert-OH is 1. The molecule has 1 atom stereocenters. The average molecular weight is 282 g/mol. The van der Waals surface area contributed by atoms with Crippen molar-refractivity contribution in [2.24, 2.45) is 0 Å². The van der Waals surface area contributed by atoms with Crippen LogP contribution in [0.5, 0.6) is 0 Å². The molecular weight excluding hydrogens is 256 g/mol. The van der Waals surface area contributed by atoms with Crippen molar-refractivity contribution in [2.75, 3.05) is 33.4 Å². The predicted molar refractivity (Wildman–Crippen MR) is 76.5 cm³/mol. The molecule has 0 amide bonds. The third-order valence-corrected chi connectivity index (χ3v) is 3.85. The summed E-state index contributed by atoms with van der Waals surface area (Å²) >= 11 is 0. The number of rotatable bonds is 8. The molecule has 6 nitrogen and oxygen atoms in total. The zero-order chi connectivity index (χ0) is 14.4. The third-order valence-electron chi connectivity index (χ3n) is 3.85. The van der Waals surface area contributed by atoms with Crippen LogP contribution in [0.2, 0.25) is 0 Å². The lowest BCUT2D eigenvalue weighted by Crippen LogP contribution is -2.28. The molecule has 1 aromatic heterocycles. The maximum absolute atomic E-state index is 9.22. The van der Waals surface area contributed by atoms with Gasteiger partial charge in [0.1, 0.15) is 5.82 Å². The van der Waals surface area contributed by atoms with Gasteiger partial charge in [0.25, 0.3) is 0 Å². The molecule has 0 spiro atoms. The number of nitrogens with zero attached hydrogens (tertiary/aromatic N) is 4. The number of likely N-dealkylation sites (tertiary alicyclic amines) is 1. The highest BCUT2D eigenvalue weighted by atomic mass is 16.5. The van der Waals surface area contributed by atoms with Crippen LogP contribution in [0.4, 0.5) is 0 Å². The van der Waals surface area contributed by atoms with E-state index in [4.69, 9.17) is 9.72 Å². The molecule has 1 fully saturated rings. The molecule has 0 radical (unpaired) electrons. The first-order valence-electron chi connectivity index (χ1n) is 7.57. The first kappa shape index (κ1) is 15.4. The van der Waals surface area contributed by atoms with Gasteiger partial charge in [0, 0.05) is 13.5 Å². The minimum absolute atomic E-state index is 0.0938. The fourth-order valence-electron chi connectivity index (χ4n) is 2.87. The van der Waals surface area contributed by atoms with Crippen LogP contribution in [0.3, 0.4) is 0 Å². The van der Waals surface area contributed by atoms with Crippen LogP contribution >= 0.6 is 0 Å². The molecule has 114 valence electrons. The van der Waals surface area contributed by atoms with E-state index >= 15 is 0 Å². The summed E-state index contributed by atoms with van der Waals surface area (Å²) in [5.74, 6) is 1.81. The fourth-order valence-corrected chi connectivity index (χ4v) is 2.87. The SMILES string of the molecule is CC[C@H](c1nc(CCOC)nn1CCO)N1CCCC1. The summed E-state index contributed by atoms with van der Waals surface area (Å²) in [4.78, 5) is 7.19. The lowest BCUT2D eigenvalue weighted by atomic mass is 10.2. The molecule has 1 N–H and O–H groups in total. The highest BCUT2D eigenvalue weighted by Gasteiger charge is 2.26. The Morgan fingerprint density at radius 1 is 1.35 bits per heavy atom. The van der Waals surface area contributed by atoms with E-state index in [1.807, 2.05) is 4.68 Å². The summed E-state index contributed by atoms with van der Waals surface area (Å²) in [6.45, 7) is 5.70. The van der Waals surface area contributed by atoms with Crippen molar-refractivity contribution >= 4 is 0 Å². The van der Waals surface area contributed by atoms with Crippen molar-refractivity contribution in [3.63, 3.8) is 0 Å². The molecular formula is C14H26N4O2. The lowest BCUT2D eigenvalue weighted by Gasteiger charge is -2.25. The van der Waals surface area contributed by atoms with Crippen LogP contribution < -0.4 is 0 Å². The molecule has 20 heavy (non-hydrogen) atoms. The van der Waals surface area contributed by atoms with Crippen LogP contribution in [0.15, 0.2) is 0 Å². The van der Waals surface area contributed by atoms with Gasteiger partial charge in [-0.2, -0.15) is 5.10 Å². The predicted octanol–water partition coefficient (Wildman–Crippen LogP) is 1.01. The Hall–Kier alpha value is -0.980. The summed E-state index contributed by atoms with van der Waals surface area (Å²) in [7, 11) is 1.69. The maximum atomic E-state index is 9.22. The second kappa shape index (κ2) is 7.71. The van der Waals surface area contributed by atoms with E-state index in [0.29, 0.717) is 19.2 Å². The molecule has 1 aliphatic rings. The van der Waals surface area contributed by atoms with Gasteiger partial charge in [0.05, 0.1) is 25.8 Å². The largest absolute Gasteiger partial charge is 0.394 e. The van der Waals surface area contributed by atoms with Crippen LogP contribution in [-0.4, -0.2) is 58.2 Å². The van der Waals surface area contributed by atoms with Gasteiger partial charge in [-0.1, -0.05) is 6.92 Å². The number of aromatic nitrogens is 3. The zero-order valence-corrected chi connectivity index (χ0v) is 12.6. The van der Waals surface area contributed by atoms with Crippen LogP contribution in [0.1, 0.15) is 43.9 Å². The van der Waals surface area contributed by atoms with Crippen molar-refractivity contribution in [2.45, 2.75) is 45.2 Å². The van der Waals surface area contributed by atoms with E-state index in [2.05, 4.69) is 16.9 Å². The van der Waals surface area contributed by atoms with Crippen molar-refractivity contribution in [3.05, 3.63) is 11.6 Å². The van der Waals surface area contributed by atoms with E-state index in [-0.39, 0.29) is 6.61 Å². The fraction of sp³-hybridized carbons (Fsp3) is 0.857. The molecule has 1 saturated heterocycles. The Bertz CT molecular complexity index is 402. The minimum Gasteiger partial charge on any atom is -0.394 e. The first-order chi connectivity index (χ1) is 9.80. The van der Waals surface area contributed by atoms with Crippen molar-refractivity contribution in [1.82, 2.24) is 19.7 Å². The topological polar surface area (TPSA) is 63.4 Å². The third kappa shape index (κ3) is 3.56. The Morgan fingerprint density at radius 2 is 2.10 bits per heavy atom. The summed E-state index contributed by atoms with van der Waals surface area (Å²) in [6, 6.07) is 0.313. The molecule has 0 unspecified atom stereocenters. The van der Waals surface area contributed by atoms with Crippen LogP contribution in [0, 0.1) is 0 Å². The molecule has 0 aliphatic carbocycles. The quantitative estimate of drug-likeness (QED) is 0.771. The number of hydrogen-bond acceptors (Lipinski definition) is 5. The summed E-state index contributed by atoms with van der Waals surface area (Å²) in [5.41, 5.74) is 0. The van der Waals surface area contributed by atoms with Gasteiger partial charge in [0.15, 0.2) is 5.82 Å². The second-order valence-electron chi connectivity index (χ2n) is 5.24. The normalized spacial score (nSPS) is 17.8. The van der Waals surface area contributed by atoms with E-state index in [1.54, 1.807) is 7.11 Å². The standard InChI is InChI=1S/C14H26N4O2/c1-3-12(17-7-4-5-8-17)14-15-13(6-11-20-2)16-18(14)9-10-19/h12,19H,3-11H2,1-2H3/t12-/m1/s1. The molecule has 0 bridgehead atoms. The molecule has 0 saturated carbocycles. The van der Waals surface area contributed by atoms with Crippen LogP contribution in [0.25, 0.3) is 0 Å². The van der Waals surface area contributed by atoms with Gasteiger partial charge in [-0.05, 0) is 32.4 Å². The van der Waals surface area contributed by atoms with Gasteiger partial charge in [-0.15, -0.1) is 0 Å². The number of ether oxygens (including phenoxy) is 1. The van der Waals surface area contributed by atoms with E-state index in [9.17, 15) is 5.11 Å². The highest BCUT2D eigenvalue weighted by molar-refractivity contribution is 5.01. The summed E-state index contributed by atoms with van der Waals surface area (Å²) in [6.07, 6.45) is 4.27. The first-order valence-corrected chi connectivity index (χ1v) is 7.57. The van der Waals surface area contributed by atoms with Crippen molar-refractivity contribution in [3.8, 4) is 0 Å². The van der Waals surface area contributed by atoms with Crippen LogP contribution in [-0.2, 0) is 17.7 Å². The number of hydrogen-bond donors (Lipinski definition) is 1. The summed E-state index contributed by atoms with van der Waals surface area (Å²) in [5, 5.41) is 13.7. The molecule has 2 heterocycles. The zero-order valence-electron chi connectivity index (χ0n) is 12.6. The monoisotopic (exact) mass is 282 g/mol. The van der Waals surface area contributed by atoms with Gasteiger partial charge < -0.3 is 9.84 Å². The van der Waals surface area contributed by atoms with Crippen molar-refractivity contribution < 1.29 is 9.84 Å². The van der Waals surface area contributed by atoms with E-state index in [1.165, 1.54) is 12.8 Å². The number of methoxy groups -OCH3 is 1. The van der Waals surface area contributed by atoms with E-state index < -0.39 is 0 Å². The minimum atomic E-state index is 0.0938. The van der Waals surface area contributed by atoms with Gasteiger partial charge in [0.2, 0.25) is 0 Å². The number of aliphatic hydroxyl groups is 1. The van der Waals surface area contributed by atoms with E-state index in [0.717, 1.165) is 37.6 Å². The second-order valence-corrected chi connectivity index (χ2v) is 5.24. The molecule has 1 aromatic rings. The average Bonchev–Trinajstić information content (AvgIpc) is 3.09. The van der Waals surface area contributed by atoms with Gasteiger partial charge >= 0.3 is 0 Å². The molecule has 0 aromatic carbocycles. The molecule has 1 aliphatic heterocycles. The Morgan fingerprint density at radius 3 is 2.70 bits per heavy atom. The van der Waals surface area contributed by atoms with Crippen molar-refractivity contribution in [1.29, 1.82) is 0 Å². The molecule has 2 rings (SSSR count). The van der Waals surface area contributed by atoms with Gasteiger partial charge in [-0.25, -0.2) is 9.67 Å². The summed E-state index contributed by atoms with van der Waals surface area (Å²) < 4.78 is 6.96. The maximum Gasteiger partial charge on any atom is 0.153 e.